The highest BCUT2D eigenvalue weighted by Crippen LogP contribution is 2.53. The van der Waals surface area contributed by atoms with Gasteiger partial charge < -0.3 is 34.4 Å². The first kappa shape index (κ1) is 33.8. The van der Waals surface area contributed by atoms with Crippen molar-refractivity contribution in [3.8, 4) is 0 Å². The van der Waals surface area contributed by atoms with Crippen molar-refractivity contribution in [1.82, 2.24) is 15.1 Å². The predicted molar refractivity (Wildman–Crippen MR) is 169 cm³/mol. The van der Waals surface area contributed by atoms with E-state index in [1.165, 1.54) is 7.11 Å². The van der Waals surface area contributed by atoms with E-state index in [1.807, 2.05) is 63.3 Å². The molecule has 2 N–H and O–H groups in total. The second-order valence-electron chi connectivity index (χ2n) is 13.5. The summed E-state index contributed by atoms with van der Waals surface area (Å²) in [6.45, 7) is 6.62. The van der Waals surface area contributed by atoms with Crippen LogP contribution in [0.1, 0.15) is 64.5 Å². The van der Waals surface area contributed by atoms with Gasteiger partial charge in [-0.25, -0.2) is 0 Å². The molecule has 3 amide bonds. The lowest BCUT2D eigenvalue weighted by atomic mass is 9.77. The van der Waals surface area contributed by atoms with Gasteiger partial charge in [-0.3, -0.25) is 19.2 Å². The summed E-state index contributed by atoms with van der Waals surface area (Å²) in [5.74, 6) is -3.47. The second-order valence-corrected chi connectivity index (χ2v) is 13.5. The number of rotatable bonds is 8. The van der Waals surface area contributed by atoms with Crippen LogP contribution in [0.3, 0.4) is 0 Å². The fourth-order valence-electron chi connectivity index (χ4n) is 7.30. The number of aliphatic hydroxyl groups excluding tert-OH is 1. The average molecular weight is 638 g/mol. The summed E-state index contributed by atoms with van der Waals surface area (Å²) < 4.78 is 18.5. The lowest BCUT2D eigenvalue weighted by molar-refractivity contribution is -0.162. The van der Waals surface area contributed by atoms with Crippen molar-refractivity contribution in [3.05, 3.63) is 60.2 Å². The number of carbonyl (C=O) groups is 4. The van der Waals surface area contributed by atoms with Crippen LogP contribution in [0.4, 0.5) is 0 Å². The number of ether oxygens (including phenoxy) is 3. The van der Waals surface area contributed by atoms with Gasteiger partial charge in [0.25, 0.3) is 0 Å². The zero-order valence-electron chi connectivity index (χ0n) is 27.2. The monoisotopic (exact) mass is 637 g/mol. The van der Waals surface area contributed by atoms with Crippen LogP contribution in [0.15, 0.2) is 54.6 Å². The van der Waals surface area contributed by atoms with Gasteiger partial charge in [-0.05, 0) is 52.0 Å². The Labute approximate surface area is 270 Å². The minimum Gasteiger partial charge on any atom is -0.455 e. The molecule has 250 valence electrons. The van der Waals surface area contributed by atoms with Gasteiger partial charge in [-0.2, -0.15) is 0 Å². The van der Waals surface area contributed by atoms with E-state index in [1.54, 1.807) is 22.0 Å². The highest BCUT2D eigenvalue weighted by Gasteiger charge is 2.72. The Morgan fingerprint density at radius 3 is 2.50 bits per heavy atom. The molecule has 0 unspecified atom stereocenters. The molecular weight excluding hydrogens is 590 g/mol. The van der Waals surface area contributed by atoms with Gasteiger partial charge in [-0.15, -0.1) is 0 Å². The van der Waals surface area contributed by atoms with E-state index in [9.17, 15) is 24.3 Å². The lowest BCUT2D eigenvalue weighted by Crippen LogP contribution is -2.58. The molecule has 11 nitrogen and oxygen atoms in total. The number of cyclic esters (lactones) is 1. The topological polar surface area (TPSA) is 135 Å². The van der Waals surface area contributed by atoms with Crippen molar-refractivity contribution in [3.63, 3.8) is 0 Å². The minimum absolute atomic E-state index is 0.0432. The quantitative estimate of drug-likeness (QED) is 0.253. The van der Waals surface area contributed by atoms with Crippen LogP contribution in [0.2, 0.25) is 0 Å². The first-order valence-corrected chi connectivity index (χ1v) is 16.3. The summed E-state index contributed by atoms with van der Waals surface area (Å²) in [6, 6.07) is 7.48. The number of unbranched alkanes of at least 4 members (excludes halogenated alkanes) is 2. The summed E-state index contributed by atoms with van der Waals surface area (Å²) in [5, 5.41) is 12.3. The number of nitrogens with one attached hydrogen (secondary N) is 1. The van der Waals surface area contributed by atoms with Crippen LogP contribution < -0.4 is 5.32 Å². The molecule has 1 aromatic carbocycles. The van der Waals surface area contributed by atoms with Crippen molar-refractivity contribution < 1.29 is 38.5 Å². The molecular formula is C35H47N3O8. The molecule has 0 aromatic heterocycles. The summed E-state index contributed by atoms with van der Waals surface area (Å²) in [5.41, 5.74) is -1.25. The zero-order valence-corrected chi connectivity index (χ0v) is 27.2. The molecule has 11 heteroatoms. The molecule has 4 heterocycles. The van der Waals surface area contributed by atoms with Crippen molar-refractivity contribution in [1.29, 1.82) is 0 Å². The fourth-order valence-corrected chi connectivity index (χ4v) is 7.30. The first-order chi connectivity index (χ1) is 22.0. The van der Waals surface area contributed by atoms with Gasteiger partial charge in [-0.1, -0.05) is 54.6 Å². The summed E-state index contributed by atoms with van der Waals surface area (Å²) in [7, 11) is 1.52. The Kier molecular flexibility index (Phi) is 10.3. The normalized spacial score (nSPS) is 32.5. The molecule has 46 heavy (non-hydrogen) atoms. The number of hydrogen-bond acceptors (Lipinski definition) is 8. The number of likely N-dealkylation sites (tertiary alicyclic amines) is 1. The van der Waals surface area contributed by atoms with E-state index in [4.69, 9.17) is 14.2 Å². The molecule has 4 aliphatic rings. The number of carbonyl (C=O) groups excluding carboxylic acids is 4. The minimum atomic E-state index is -1.40. The Bertz CT molecular complexity index is 1340. The Hall–Kier alpha value is -3.54. The van der Waals surface area contributed by atoms with Crippen LogP contribution in [0.25, 0.3) is 0 Å². The SMILES string of the molecule is COC[C@H]1NC(=O)CC/C=C\[C@H]2O[C@]34C=CCN(C(C)(C)C)C(=O)[C@H]3N(CCCCCO)C(=O)[C@@H]4[C@H]2C(=O)O[C@@H]1c1ccccc1. The van der Waals surface area contributed by atoms with Crippen molar-refractivity contribution in [2.24, 2.45) is 11.8 Å². The number of allylic oxidation sites excluding steroid dienone is 1. The number of methoxy groups -OCH3 is 1. The molecule has 0 saturated carbocycles. The fraction of sp³-hybridized carbons (Fsp3) is 0.600. The number of fused-ring (bicyclic) bond motifs is 2. The van der Waals surface area contributed by atoms with Gasteiger partial charge in [0, 0.05) is 38.8 Å². The smallest absolute Gasteiger partial charge is 0.313 e. The maximum atomic E-state index is 14.5. The molecule has 1 spiro atoms. The van der Waals surface area contributed by atoms with Crippen molar-refractivity contribution in [2.75, 3.05) is 33.4 Å². The number of esters is 1. The second kappa shape index (κ2) is 14.1. The zero-order chi connectivity index (χ0) is 33.1. The van der Waals surface area contributed by atoms with Crippen molar-refractivity contribution >= 4 is 23.7 Å². The molecule has 0 bridgehead atoms. The highest BCUT2D eigenvalue weighted by molar-refractivity contribution is 5.99. The standard InChI is InChI=1S/C35H47N3O8/c1-34(2,3)38-20-13-18-35-28(31(41)37(30(35)32(38)42)19-11-6-12-21-39)27-25(46-35)16-9-10-17-26(40)36-24(22-44-4)29(45-33(27)43)23-14-7-5-8-15-23/h5,7-9,13-16,18,24-25,27-30,39H,6,10-12,17,19-22H2,1-4H3,(H,36,40)/b16-9-/t24-,25-,27+,28+,29-,30-,35+/m1/s1. The molecule has 1 aromatic rings. The van der Waals surface area contributed by atoms with Crippen LogP contribution >= 0.6 is 0 Å². The van der Waals surface area contributed by atoms with E-state index in [0.29, 0.717) is 44.3 Å². The summed E-state index contributed by atoms with van der Waals surface area (Å²) in [6.07, 6.45) is 7.89. The molecule has 5 rings (SSSR count). The maximum Gasteiger partial charge on any atom is 0.313 e. The molecule has 0 aliphatic carbocycles. The number of benzene rings is 1. The summed E-state index contributed by atoms with van der Waals surface area (Å²) in [4.78, 5) is 59.7. The lowest BCUT2D eigenvalue weighted by Gasteiger charge is -2.40. The third kappa shape index (κ3) is 6.50. The molecule has 2 fully saturated rings. The van der Waals surface area contributed by atoms with E-state index in [-0.39, 0.29) is 37.4 Å². The maximum absolute atomic E-state index is 14.5. The molecule has 7 atom stereocenters. The average Bonchev–Trinajstić information content (AvgIpc) is 3.39. The van der Waals surface area contributed by atoms with E-state index >= 15 is 0 Å². The van der Waals surface area contributed by atoms with Gasteiger partial charge in [0.15, 0.2) is 0 Å². The first-order valence-electron chi connectivity index (χ1n) is 16.3. The molecule has 2 saturated heterocycles. The Balaban J connectivity index is 1.59. The van der Waals surface area contributed by atoms with E-state index < -0.39 is 53.2 Å². The van der Waals surface area contributed by atoms with Crippen LogP contribution in [0, 0.1) is 11.8 Å². The molecule has 0 radical (unpaired) electrons. The van der Waals surface area contributed by atoms with Crippen LogP contribution in [-0.4, -0.2) is 101 Å². The number of amides is 3. The van der Waals surface area contributed by atoms with E-state index in [2.05, 4.69) is 5.32 Å². The predicted octanol–water partition coefficient (Wildman–Crippen LogP) is 2.69. The van der Waals surface area contributed by atoms with E-state index in [0.717, 1.165) is 0 Å². The molecule has 4 aliphatic heterocycles. The van der Waals surface area contributed by atoms with Gasteiger partial charge in [0.05, 0.1) is 24.7 Å². The van der Waals surface area contributed by atoms with Crippen LogP contribution in [0.5, 0.6) is 0 Å². The summed E-state index contributed by atoms with van der Waals surface area (Å²) >= 11 is 0. The van der Waals surface area contributed by atoms with Gasteiger partial charge in [0.2, 0.25) is 17.7 Å². The number of nitrogens with zero attached hydrogens (tertiary/aromatic N) is 2. The Morgan fingerprint density at radius 1 is 1.04 bits per heavy atom. The largest absolute Gasteiger partial charge is 0.455 e. The van der Waals surface area contributed by atoms with Crippen molar-refractivity contribution in [2.45, 2.75) is 88.3 Å². The highest BCUT2D eigenvalue weighted by atomic mass is 16.6. The Morgan fingerprint density at radius 2 is 1.80 bits per heavy atom. The third-order valence-electron chi connectivity index (χ3n) is 9.43. The number of aliphatic hydroxyl groups is 1. The van der Waals surface area contributed by atoms with Gasteiger partial charge in [0.1, 0.15) is 23.7 Å². The van der Waals surface area contributed by atoms with Crippen LogP contribution in [-0.2, 0) is 33.4 Å². The third-order valence-corrected chi connectivity index (χ3v) is 9.43. The number of hydrogen-bond donors (Lipinski definition) is 2. The van der Waals surface area contributed by atoms with Gasteiger partial charge >= 0.3 is 5.97 Å².